The van der Waals surface area contributed by atoms with Gasteiger partial charge in [-0.3, -0.25) is 0 Å². The number of carbonyl (C=O) groups excluding carboxylic acids is 2. The van der Waals surface area contributed by atoms with E-state index in [2.05, 4.69) is 16.9 Å². The van der Waals surface area contributed by atoms with Crippen LogP contribution in [0.4, 0.5) is 0 Å². The van der Waals surface area contributed by atoms with Crippen LogP contribution in [0.3, 0.4) is 0 Å². The van der Waals surface area contributed by atoms with Gasteiger partial charge in [0.15, 0.2) is 0 Å². The molecule has 20 heavy (non-hydrogen) atoms. The minimum absolute atomic E-state index is 0.142. The lowest BCUT2D eigenvalue weighted by Crippen LogP contribution is -2.33. The molecule has 5 atom stereocenters. The van der Waals surface area contributed by atoms with Gasteiger partial charge in [0.2, 0.25) is 12.2 Å². The van der Waals surface area contributed by atoms with Crippen molar-refractivity contribution in [1.82, 2.24) is 0 Å². The summed E-state index contributed by atoms with van der Waals surface area (Å²) in [7, 11) is 0. The van der Waals surface area contributed by atoms with E-state index in [1.165, 1.54) is 25.7 Å². The Balaban J connectivity index is 1.99. The predicted octanol–water partition coefficient (Wildman–Crippen LogP) is 3.41. The summed E-state index contributed by atoms with van der Waals surface area (Å²) in [5, 5.41) is 0. The van der Waals surface area contributed by atoms with E-state index < -0.39 is 0 Å². The lowest BCUT2D eigenvalue weighted by atomic mass is 9.70. The second-order valence-electron chi connectivity index (χ2n) is 6.41. The number of rotatable bonds is 4. The van der Waals surface area contributed by atoms with Crippen molar-refractivity contribution >= 4 is 12.2 Å². The average molecular weight is 276 g/mol. The monoisotopic (exact) mass is 276 g/mol. The molecule has 5 unspecified atom stereocenters. The minimum atomic E-state index is 0.142. The summed E-state index contributed by atoms with van der Waals surface area (Å²) in [6.45, 7) is 2.20. The smallest absolute Gasteiger partial charge is 0.211 e. The molecule has 0 aromatic heterocycles. The molecule has 0 heterocycles. The van der Waals surface area contributed by atoms with Crippen LogP contribution in [0.25, 0.3) is 0 Å². The molecule has 2 fully saturated rings. The maximum atomic E-state index is 10.6. The van der Waals surface area contributed by atoms with E-state index in [1.807, 2.05) is 0 Å². The lowest BCUT2D eigenvalue weighted by molar-refractivity contribution is 0.159. The van der Waals surface area contributed by atoms with Gasteiger partial charge in [-0.2, -0.15) is 0 Å². The van der Waals surface area contributed by atoms with Crippen LogP contribution in [-0.4, -0.2) is 24.2 Å². The zero-order valence-electron chi connectivity index (χ0n) is 12.3. The molecule has 2 aliphatic carbocycles. The van der Waals surface area contributed by atoms with Crippen molar-refractivity contribution in [1.29, 1.82) is 0 Å². The fraction of sp³-hybridized carbons (Fsp3) is 0.875. The molecule has 0 aliphatic heterocycles. The molecule has 4 heteroatoms. The third-order valence-electron chi connectivity index (χ3n) is 5.34. The molecular weight excluding hydrogens is 252 g/mol. The van der Waals surface area contributed by atoms with Gasteiger partial charge in [-0.05, 0) is 43.4 Å². The van der Waals surface area contributed by atoms with Gasteiger partial charge in [0, 0.05) is 0 Å². The van der Waals surface area contributed by atoms with Gasteiger partial charge in [0.05, 0.1) is 12.1 Å². The molecule has 2 aliphatic rings. The normalized spacial score (nSPS) is 37.5. The summed E-state index contributed by atoms with van der Waals surface area (Å²) in [5.41, 5.74) is 0. The molecule has 0 saturated heterocycles. The Hall–Kier alpha value is -1.24. The lowest BCUT2D eigenvalue weighted by Gasteiger charge is -2.37. The molecule has 0 N–H and O–H groups in total. The Bertz CT molecular complexity index is 411. The quantitative estimate of drug-likeness (QED) is 0.583. The molecule has 0 bridgehead atoms. The van der Waals surface area contributed by atoms with E-state index in [4.69, 9.17) is 0 Å². The number of nitrogens with zero attached hydrogens (tertiary/aromatic N) is 2. The fourth-order valence-electron chi connectivity index (χ4n) is 4.10. The molecule has 0 amide bonds. The van der Waals surface area contributed by atoms with Gasteiger partial charge in [-0.15, -0.1) is 0 Å². The standard InChI is InChI=1S/C16H24N2O2/c1-12-13(6-4-8-15(12)17-10-19)9-14-5-2-3-7-16(14)18-11-20/h12-16H,2-9H2,1H3. The first kappa shape index (κ1) is 15.2. The van der Waals surface area contributed by atoms with Crippen LogP contribution in [0.5, 0.6) is 0 Å². The molecular formula is C16H24N2O2. The van der Waals surface area contributed by atoms with Crippen LogP contribution in [0, 0.1) is 17.8 Å². The van der Waals surface area contributed by atoms with E-state index in [1.54, 1.807) is 12.2 Å². The SMILES string of the molecule is CC1C(CC2CCCCC2N=C=O)CCCC1N=C=O. The average Bonchev–Trinajstić information content (AvgIpc) is 2.46. The van der Waals surface area contributed by atoms with Crippen molar-refractivity contribution in [3.05, 3.63) is 0 Å². The van der Waals surface area contributed by atoms with Crippen LogP contribution in [-0.2, 0) is 9.59 Å². The van der Waals surface area contributed by atoms with Crippen LogP contribution >= 0.6 is 0 Å². The van der Waals surface area contributed by atoms with Crippen LogP contribution in [0.1, 0.15) is 58.3 Å². The Kier molecular flexibility index (Phi) is 5.70. The highest BCUT2D eigenvalue weighted by atomic mass is 16.1. The van der Waals surface area contributed by atoms with Gasteiger partial charge in [0.25, 0.3) is 0 Å². The summed E-state index contributed by atoms with van der Waals surface area (Å²) in [4.78, 5) is 29.1. The van der Waals surface area contributed by atoms with Gasteiger partial charge in [-0.1, -0.05) is 32.6 Å². The first-order valence-electron chi connectivity index (χ1n) is 7.90. The Morgan fingerprint density at radius 1 is 0.850 bits per heavy atom. The molecule has 2 saturated carbocycles. The first-order chi connectivity index (χ1) is 9.76. The van der Waals surface area contributed by atoms with Crippen molar-refractivity contribution in [3.8, 4) is 0 Å². The van der Waals surface area contributed by atoms with Crippen LogP contribution < -0.4 is 0 Å². The predicted molar refractivity (Wildman–Crippen MR) is 76.9 cm³/mol. The molecule has 0 spiro atoms. The van der Waals surface area contributed by atoms with Gasteiger partial charge in [0.1, 0.15) is 0 Å². The van der Waals surface area contributed by atoms with Crippen molar-refractivity contribution in [2.45, 2.75) is 70.4 Å². The summed E-state index contributed by atoms with van der Waals surface area (Å²) in [6, 6.07) is 0.311. The Labute approximate surface area is 120 Å². The van der Waals surface area contributed by atoms with Gasteiger partial charge in [-0.25, -0.2) is 19.6 Å². The number of aliphatic imine (C=N–C) groups is 2. The fourth-order valence-corrected chi connectivity index (χ4v) is 4.10. The number of hydrogen-bond acceptors (Lipinski definition) is 4. The van der Waals surface area contributed by atoms with E-state index >= 15 is 0 Å². The maximum Gasteiger partial charge on any atom is 0.235 e. The molecule has 0 radical (unpaired) electrons. The highest BCUT2D eigenvalue weighted by Crippen LogP contribution is 2.40. The van der Waals surface area contributed by atoms with Crippen LogP contribution in [0.15, 0.2) is 9.98 Å². The van der Waals surface area contributed by atoms with Crippen molar-refractivity contribution in [2.75, 3.05) is 0 Å². The zero-order chi connectivity index (χ0) is 14.4. The topological polar surface area (TPSA) is 58.9 Å². The second-order valence-corrected chi connectivity index (χ2v) is 6.41. The molecule has 110 valence electrons. The molecule has 4 nitrogen and oxygen atoms in total. The second kappa shape index (κ2) is 7.52. The molecule has 0 aromatic carbocycles. The molecule has 0 aromatic rings. The van der Waals surface area contributed by atoms with E-state index in [-0.39, 0.29) is 12.1 Å². The minimum Gasteiger partial charge on any atom is -0.211 e. The summed E-state index contributed by atoms with van der Waals surface area (Å²) in [5.74, 6) is 1.54. The van der Waals surface area contributed by atoms with Crippen molar-refractivity contribution < 1.29 is 9.59 Å². The largest absolute Gasteiger partial charge is 0.235 e. The number of isocyanates is 2. The zero-order valence-corrected chi connectivity index (χ0v) is 12.3. The van der Waals surface area contributed by atoms with E-state index in [0.29, 0.717) is 17.8 Å². The van der Waals surface area contributed by atoms with E-state index in [9.17, 15) is 9.59 Å². The highest BCUT2D eigenvalue weighted by Gasteiger charge is 2.34. The van der Waals surface area contributed by atoms with Crippen molar-refractivity contribution in [3.63, 3.8) is 0 Å². The third kappa shape index (κ3) is 3.65. The Morgan fingerprint density at radius 2 is 1.45 bits per heavy atom. The summed E-state index contributed by atoms with van der Waals surface area (Å²) < 4.78 is 0. The van der Waals surface area contributed by atoms with Crippen molar-refractivity contribution in [2.24, 2.45) is 27.7 Å². The number of hydrogen-bond donors (Lipinski definition) is 0. The Morgan fingerprint density at radius 3 is 2.20 bits per heavy atom. The van der Waals surface area contributed by atoms with E-state index in [0.717, 1.165) is 25.7 Å². The van der Waals surface area contributed by atoms with Gasteiger partial charge >= 0.3 is 0 Å². The highest BCUT2D eigenvalue weighted by molar-refractivity contribution is 5.34. The summed E-state index contributed by atoms with van der Waals surface area (Å²) >= 11 is 0. The third-order valence-corrected chi connectivity index (χ3v) is 5.34. The first-order valence-corrected chi connectivity index (χ1v) is 7.90. The summed E-state index contributed by atoms with van der Waals surface area (Å²) in [6.07, 6.45) is 12.5. The van der Waals surface area contributed by atoms with Crippen LogP contribution in [0.2, 0.25) is 0 Å². The maximum absolute atomic E-state index is 10.6. The van der Waals surface area contributed by atoms with Gasteiger partial charge < -0.3 is 0 Å². The molecule has 2 rings (SSSR count).